The minimum atomic E-state index is -4.36. The van der Waals surface area contributed by atoms with E-state index in [1.165, 1.54) is 12.1 Å². The molecule has 0 spiro atoms. The fourth-order valence-corrected chi connectivity index (χ4v) is 3.14. The molecule has 0 unspecified atom stereocenters. The van der Waals surface area contributed by atoms with Gasteiger partial charge in [0.25, 0.3) is 0 Å². The molecule has 0 aliphatic heterocycles. The van der Waals surface area contributed by atoms with Crippen LogP contribution in [0.3, 0.4) is 0 Å². The third-order valence-corrected chi connectivity index (χ3v) is 4.67. The number of hydrogen-bond acceptors (Lipinski definition) is 1. The number of carbonyl (C=O) groups excluding carboxylic acids is 1. The maximum atomic E-state index is 12.4. The molecular formula is C14H8ClF3OSe. The van der Waals surface area contributed by atoms with Gasteiger partial charge < -0.3 is 0 Å². The summed E-state index contributed by atoms with van der Waals surface area (Å²) in [6.07, 6.45) is -4.36. The fourth-order valence-electron chi connectivity index (χ4n) is 1.46. The summed E-state index contributed by atoms with van der Waals surface area (Å²) in [4.78, 5) is 12.0. The summed E-state index contributed by atoms with van der Waals surface area (Å²) in [5.41, 5.74) is -0.203. The molecular weight excluding hydrogens is 356 g/mol. The van der Waals surface area contributed by atoms with Crippen molar-refractivity contribution in [1.29, 1.82) is 0 Å². The molecule has 6 heteroatoms. The molecule has 104 valence electrons. The van der Waals surface area contributed by atoms with E-state index in [9.17, 15) is 18.0 Å². The van der Waals surface area contributed by atoms with Crippen LogP contribution in [0.1, 0.15) is 15.9 Å². The van der Waals surface area contributed by atoms with E-state index in [4.69, 9.17) is 11.6 Å². The van der Waals surface area contributed by atoms with Crippen LogP contribution < -0.4 is 4.46 Å². The van der Waals surface area contributed by atoms with E-state index >= 15 is 0 Å². The van der Waals surface area contributed by atoms with Gasteiger partial charge in [0.05, 0.1) is 0 Å². The molecule has 0 N–H and O–H groups in total. The Labute approximate surface area is 124 Å². The SMILES string of the molecule is O=C([Se]c1ccc(C(F)(F)F)cc1)c1ccc(Cl)cc1. The molecule has 0 heterocycles. The van der Waals surface area contributed by atoms with E-state index in [-0.39, 0.29) is 4.68 Å². The van der Waals surface area contributed by atoms with Crippen LogP contribution in [0.5, 0.6) is 0 Å². The predicted octanol–water partition coefficient (Wildman–Crippen LogP) is 3.53. The first-order valence-electron chi connectivity index (χ1n) is 5.51. The molecule has 0 amide bonds. The number of hydrogen-bond donors (Lipinski definition) is 0. The van der Waals surface area contributed by atoms with Crippen molar-refractivity contribution in [3.63, 3.8) is 0 Å². The summed E-state index contributed by atoms with van der Waals surface area (Å²) >= 11 is 5.17. The van der Waals surface area contributed by atoms with E-state index in [0.717, 1.165) is 12.1 Å². The van der Waals surface area contributed by atoms with Gasteiger partial charge in [0.2, 0.25) is 0 Å². The molecule has 0 aromatic heterocycles. The molecule has 0 bridgehead atoms. The number of benzene rings is 2. The maximum absolute atomic E-state index is 12.4. The van der Waals surface area contributed by atoms with Gasteiger partial charge in [-0.1, -0.05) is 0 Å². The zero-order chi connectivity index (χ0) is 14.8. The normalized spacial score (nSPS) is 11.4. The van der Waals surface area contributed by atoms with Gasteiger partial charge in [-0.25, -0.2) is 0 Å². The third-order valence-electron chi connectivity index (χ3n) is 2.47. The Morgan fingerprint density at radius 2 is 1.50 bits per heavy atom. The zero-order valence-corrected chi connectivity index (χ0v) is 12.4. The van der Waals surface area contributed by atoms with Crippen LogP contribution in [-0.2, 0) is 6.18 Å². The Morgan fingerprint density at radius 1 is 0.950 bits per heavy atom. The molecule has 20 heavy (non-hydrogen) atoms. The molecule has 0 fully saturated rings. The number of alkyl halides is 3. The Balaban J connectivity index is 2.10. The molecule has 0 aliphatic rings. The Bertz CT molecular complexity index is 606. The molecule has 0 atom stereocenters. The van der Waals surface area contributed by atoms with Gasteiger partial charge in [0, 0.05) is 0 Å². The van der Waals surface area contributed by atoms with Crippen LogP contribution in [0, 0.1) is 0 Å². The monoisotopic (exact) mass is 364 g/mol. The topological polar surface area (TPSA) is 17.1 Å². The molecule has 0 radical (unpaired) electrons. The second-order valence-electron chi connectivity index (χ2n) is 3.92. The Kier molecular flexibility index (Phi) is 4.53. The van der Waals surface area contributed by atoms with Crippen molar-refractivity contribution in [2.45, 2.75) is 6.18 Å². The van der Waals surface area contributed by atoms with Crippen molar-refractivity contribution < 1.29 is 18.0 Å². The first-order valence-corrected chi connectivity index (χ1v) is 7.60. The van der Waals surface area contributed by atoms with Gasteiger partial charge in [-0.2, -0.15) is 0 Å². The molecule has 2 aromatic carbocycles. The van der Waals surface area contributed by atoms with Crippen LogP contribution in [0.25, 0.3) is 0 Å². The van der Waals surface area contributed by atoms with E-state index < -0.39 is 26.7 Å². The zero-order valence-electron chi connectivity index (χ0n) is 9.95. The Morgan fingerprint density at radius 3 is 2.00 bits per heavy atom. The van der Waals surface area contributed by atoms with Crippen molar-refractivity contribution in [3.05, 3.63) is 64.7 Å². The van der Waals surface area contributed by atoms with Gasteiger partial charge in [-0.3, -0.25) is 0 Å². The summed E-state index contributed by atoms with van der Waals surface area (Å²) in [5.74, 6) is 0. The van der Waals surface area contributed by atoms with Crippen LogP contribution in [0.15, 0.2) is 48.5 Å². The fraction of sp³-hybridized carbons (Fsp3) is 0.0714. The van der Waals surface area contributed by atoms with Crippen LogP contribution in [0.2, 0.25) is 5.02 Å². The number of carbonyl (C=O) groups is 1. The van der Waals surface area contributed by atoms with Crippen LogP contribution >= 0.6 is 11.6 Å². The van der Waals surface area contributed by atoms with Crippen LogP contribution in [-0.4, -0.2) is 19.6 Å². The van der Waals surface area contributed by atoms with Crippen LogP contribution in [0.4, 0.5) is 13.2 Å². The summed E-state index contributed by atoms with van der Waals surface area (Å²) in [6, 6.07) is 11.1. The third kappa shape index (κ3) is 3.85. The molecule has 2 aromatic rings. The van der Waals surface area contributed by atoms with E-state index in [0.29, 0.717) is 15.0 Å². The van der Waals surface area contributed by atoms with Crippen molar-refractivity contribution in [2.75, 3.05) is 0 Å². The molecule has 0 saturated heterocycles. The molecule has 0 saturated carbocycles. The first kappa shape index (κ1) is 15.1. The van der Waals surface area contributed by atoms with Gasteiger partial charge in [0.15, 0.2) is 0 Å². The van der Waals surface area contributed by atoms with Gasteiger partial charge >= 0.3 is 125 Å². The van der Waals surface area contributed by atoms with Gasteiger partial charge in [-0.15, -0.1) is 0 Å². The molecule has 0 aliphatic carbocycles. The average Bonchev–Trinajstić information content (AvgIpc) is 2.39. The predicted molar refractivity (Wildman–Crippen MR) is 72.6 cm³/mol. The second kappa shape index (κ2) is 6.00. The molecule has 1 nitrogen and oxygen atoms in total. The van der Waals surface area contributed by atoms with Crippen molar-refractivity contribution in [2.24, 2.45) is 0 Å². The quantitative estimate of drug-likeness (QED) is 0.763. The summed E-state index contributed by atoms with van der Waals surface area (Å²) < 4.78 is 37.7. The minimum absolute atomic E-state index is 0.103. The molecule has 2 rings (SSSR count). The summed E-state index contributed by atoms with van der Waals surface area (Å²) in [5, 5.41) is 0.531. The van der Waals surface area contributed by atoms with Gasteiger partial charge in [0.1, 0.15) is 0 Å². The summed E-state index contributed by atoms with van der Waals surface area (Å²) in [7, 11) is 0. The average molecular weight is 364 g/mol. The second-order valence-corrected chi connectivity index (χ2v) is 6.55. The Hall–Kier alpha value is -1.29. The number of rotatable bonds is 3. The van der Waals surface area contributed by atoms with E-state index in [2.05, 4.69) is 0 Å². The number of halogens is 4. The summed E-state index contributed by atoms with van der Waals surface area (Å²) in [6.45, 7) is 0. The van der Waals surface area contributed by atoms with E-state index in [1.807, 2.05) is 0 Å². The van der Waals surface area contributed by atoms with Crippen molar-refractivity contribution in [1.82, 2.24) is 0 Å². The first-order chi connectivity index (χ1) is 9.36. The van der Waals surface area contributed by atoms with Gasteiger partial charge in [-0.05, 0) is 0 Å². The van der Waals surface area contributed by atoms with Crippen molar-refractivity contribution in [3.8, 4) is 0 Å². The standard InChI is InChI=1S/C14H8ClF3OSe/c15-11-5-1-9(2-6-11)13(19)20-12-7-3-10(4-8-12)14(16,17)18/h1-8H. The van der Waals surface area contributed by atoms with E-state index in [1.54, 1.807) is 24.3 Å². The van der Waals surface area contributed by atoms with Crippen molar-refractivity contribution >= 4 is 35.7 Å².